The van der Waals surface area contributed by atoms with Crippen LogP contribution >= 0.6 is 0 Å². The summed E-state index contributed by atoms with van der Waals surface area (Å²) in [7, 11) is 4.51. The number of ether oxygens (including phenoxy) is 5. The van der Waals surface area contributed by atoms with Crippen molar-refractivity contribution < 1.29 is 33.6 Å². The number of carbonyl (C=O) groups is 1. The van der Waals surface area contributed by atoms with Gasteiger partial charge in [-0.05, 0) is 44.7 Å². The van der Waals surface area contributed by atoms with E-state index in [2.05, 4.69) is 6.08 Å². The molecule has 0 saturated carbocycles. The lowest BCUT2D eigenvalue weighted by Crippen LogP contribution is -2.43. The summed E-state index contributed by atoms with van der Waals surface area (Å²) < 4.78 is 28.1. The first-order chi connectivity index (χ1) is 15.1. The number of esters is 1. The quantitative estimate of drug-likeness (QED) is 0.397. The van der Waals surface area contributed by atoms with Gasteiger partial charge < -0.3 is 28.8 Å². The van der Waals surface area contributed by atoms with Crippen molar-refractivity contribution >= 4 is 5.97 Å². The predicted molar refractivity (Wildman–Crippen MR) is 121 cm³/mol. The Morgan fingerprint density at radius 2 is 1.78 bits per heavy atom. The van der Waals surface area contributed by atoms with Gasteiger partial charge >= 0.3 is 5.97 Å². The Morgan fingerprint density at radius 3 is 2.31 bits per heavy atom. The van der Waals surface area contributed by atoms with Gasteiger partial charge in [-0.15, -0.1) is 0 Å². The lowest BCUT2D eigenvalue weighted by molar-refractivity contribution is -0.0419. The van der Waals surface area contributed by atoms with E-state index < -0.39 is 18.2 Å². The minimum Gasteiger partial charge on any atom is -0.493 e. The number of hydrogen-bond acceptors (Lipinski definition) is 7. The van der Waals surface area contributed by atoms with Gasteiger partial charge in [0.1, 0.15) is 12.2 Å². The molecule has 1 heterocycles. The van der Waals surface area contributed by atoms with E-state index in [0.29, 0.717) is 29.2 Å². The van der Waals surface area contributed by atoms with E-state index >= 15 is 0 Å². The standard InChI is InChI=1S/C25H36O7/c1-14(2)20-17(11-15(3)9-8-10-25(4)23(32-25)21(20)26)31-24(27)16-12-18(28-5)22(30-7)19(13-16)29-6/h9,12-14,17,20-21,23,26H,8,10-11H2,1-7H3/b15-9-/t17-,20+,21+,23-,25+/m1/s1. The van der Waals surface area contributed by atoms with Gasteiger partial charge in [0.15, 0.2) is 11.5 Å². The normalized spacial score (nSPS) is 31.7. The second-order valence-electron chi connectivity index (χ2n) is 9.31. The summed E-state index contributed by atoms with van der Waals surface area (Å²) in [6.45, 7) is 8.16. The van der Waals surface area contributed by atoms with E-state index in [1.165, 1.54) is 21.3 Å². The average Bonchev–Trinajstić information content (AvgIpc) is 3.43. The summed E-state index contributed by atoms with van der Waals surface area (Å²) >= 11 is 0. The largest absolute Gasteiger partial charge is 0.493 e. The number of methoxy groups -OCH3 is 3. The lowest BCUT2D eigenvalue weighted by atomic mass is 9.78. The van der Waals surface area contributed by atoms with Gasteiger partial charge in [-0.25, -0.2) is 4.79 Å². The fourth-order valence-electron chi connectivity index (χ4n) is 4.80. The summed E-state index contributed by atoms with van der Waals surface area (Å²) in [5, 5.41) is 11.2. The van der Waals surface area contributed by atoms with Gasteiger partial charge in [-0.1, -0.05) is 25.5 Å². The number of carbonyl (C=O) groups excluding carboxylic acids is 1. The first-order valence-corrected chi connectivity index (χ1v) is 11.2. The van der Waals surface area contributed by atoms with E-state index in [1.807, 2.05) is 27.7 Å². The van der Waals surface area contributed by atoms with Crippen LogP contribution in [-0.2, 0) is 9.47 Å². The van der Waals surface area contributed by atoms with Crippen LogP contribution < -0.4 is 14.2 Å². The molecule has 0 aromatic heterocycles. The Labute approximate surface area is 190 Å². The maximum atomic E-state index is 13.2. The fraction of sp³-hybridized carbons (Fsp3) is 0.640. The van der Waals surface area contributed by atoms with Gasteiger partial charge in [0.2, 0.25) is 5.75 Å². The molecular weight excluding hydrogens is 412 g/mol. The number of benzene rings is 1. The molecule has 2 aliphatic rings. The van der Waals surface area contributed by atoms with Crippen LogP contribution in [0.15, 0.2) is 23.8 Å². The predicted octanol–water partition coefficient (Wildman–Crippen LogP) is 4.16. The first-order valence-electron chi connectivity index (χ1n) is 11.2. The van der Waals surface area contributed by atoms with E-state index in [4.69, 9.17) is 23.7 Å². The highest BCUT2D eigenvalue weighted by Gasteiger charge is 2.58. The molecule has 0 spiro atoms. The van der Waals surface area contributed by atoms with Crippen LogP contribution in [0.3, 0.4) is 0 Å². The summed E-state index contributed by atoms with van der Waals surface area (Å²) in [6, 6.07) is 3.16. The van der Waals surface area contributed by atoms with Crippen LogP contribution in [-0.4, -0.2) is 56.3 Å². The molecule has 1 aliphatic heterocycles. The fourth-order valence-corrected chi connectivity index (χ4v) is 4.80. The van der Waals surface area contributed by atoms with E-state index in [9.17, 15) is 9.90 Å². The summed E-state index contributed by atoms with van der Waals surface area (Å²) in [4.78, 5) is 13.2. The number of epoxide rings is 1. The smallest absolute Gasteiger partial charge is 0.338 e. The van der Waals surface area contributed by atoms with Crippen molar-refractivity contribution in [3.05, 3.63) is 29.3 Å². The van der Waals surface area contributed by atoms with Gasteiger partial charge in [-0.3, -0.25) is 0 Å². The van der Waals surface area contributed by atoms with E-state index in [-0.39, 0.29) is 23.5 Å². The molecule has 1 N–H and O–H groups in total. The highest BCUT2D eigenvalue weighted by Crippen LogP contribution is 2.47. The Hall–Kier alpha value is -2.25. The molecule has 1 saturated heterocycles. The summed E-state index contributed by atoms with van der Waals surface area (Å²) in [6.07, 6.45) is 3.00. The highest BCUT2D eigenvalue weighted by atomic mass is 16.6. The molecule has 5 atom stereocenters. The third-order valence-corrected chi connectivity index (χ3v) is 6.66. The van der Waals surface area contributed by atoms with Crippen molar-refractivity contribution in [1.29, 1.82) is 0 Å². The van der Waals surface area contributed by atoms with Crippen LogP contribution in [0.2, 0.25) is 0 Å². The average molecular weight is 449 g/mol. The van der Waals surface area contributed by atoms with Crippen molar-refractivity contribution in [2.75, 3.05) is 21.3 Å². The first kappa shape index (κ1) is 24.4. The molecule has 1 aromatic carbocycles. The molecule has 0 radical (unpaired) electrons. The molecular formula is C25H36O7. The second-order valence-corrected chi connectivity index (χ2v) is 9.31. The molecule has 0 bridgehead atoms. The SMILES string of the molecule is COc1cc(C(=O)O[C@@H]2C/C(C)=C\CC[C@]3(C)O[C@@H]3[C@@H](O)[C@H]2C(C)C)cc(OC)c1OC. The summed E-state index contributed by atoms with van der Waals surface area (Å²) in [5.74, 6) is 0.477. The number of hydrogen-bond donors (Lipinski definition) is 1. The number of fused-ring (bicyclic) bond motifs is 1. The van der Waals surface area contributed by atoms with Crippen molar-refractivity contribution in [3.63, 3.8) is 0 Å². The zero-order valence-corrected chi connectivity index (χ0v) is 20.1. The number of rotatable bonds is 6. The lowest BCUT2D eigenvalue weighted by Gasteiger charge is -2.34. The minimum atomic E-state index is -0.719. The molecule has 0 amide bonds. The summed E-state index contributed by atoms with van der Waals surface area (Å²) in [5.41, 5.74) is 1.10. The highest BCUT2D eigenvalue weighted by molar-refractivity contribution is 5.91. The Morgan fingerprint density at radius 1 is 1.16 bits per heavy atom. The van der Waals surface area contributed by atoms with Crippen LogP contribution in [0.25, 0.3) is 0 Å². The zero-order valence-electron chi connectivity index (χ0n) is 20.1. The molecule has 7 heteroatoms. The minimum absolute atomic E-state index is 0.0865. The Balaban J connectivity index is 1.93. The van der Waals surface area contributed by atoms with Crippen LogP contribution in [0, 0.1) is 11.8 Å². The molecule has 1 aliphatic carbocycles. The van der Waals surface area contributed by atoms with Crippen molar-refractivity contribution in [3.8, 4) is 17.2 Å². The van der Waals surface area contributed by atoms with Gasteiger partial charge in [0.05, 0.1) is 38.6 Å². The molecule has 0 unspecified atom stereocenters. The van der Waals surface area contributed by atoms with E-state index in [1.54, 1.807) is 12.1 Å². The third-order valence-electron chi connectivity index (χ3n) is 6.66. The molecule has 178 valence electrons. The van der Waals surface area contributed by atoms with Crippen molar-refractivity contribution in [1.82, 2.24) is 0 Å². The van der Waals surface area contributed by atoms with Crippen LogP contribution in [0.1, 0.15) is 57.3 Å². The second kappa shape index (κ2) is 9.71. The molecule has 1 fully saturated rings. The van der Waals surface area contributed by atoms with Gasteiger partial charge in [-0.2, -0.15) is 0 Å². The topological polar surface area (TPSA) is 86.8 Å². The molecule has 3 rings (SSSR count). The number of aliphatic hydroxyl groups excluding tert-OH is 1. The maximum Gasteiger partial charge on any atom is 0.338 e. The number of allylic oxidation sites excluding steroid dienone is 1. The molecule has 1 aromatic rings. The Bertz CT molecular complexity index is 837. The zero-order chi connectivity index (χ0) is 23.6. The molecule has 32 heavy (non-hydrogen) atoms. The van der Waals surface area contributed by atoms with E-state index in [0.717, 1.165) is 18.4 Å². The monoisotopic (exact) mass is 448 g/mol. The van der Waals surface area contributed by atoms with Crippen LogP contribution in [0.4, 0.5) is 0 Å². The third kappa shape index (κ3) is 4.89. The van der Waals surface area contributed by atoms with Crippen LogP contribution in [0.5, 0.6) is 17.2 Å². The van der Waals surface area contributed by atoms with Gasteiger partial charge in [0.25, 0.3) is 0 Å². The van der Waals surface area contributed by atoms with Crippen molar-refractivity contribution in [2.45, 2.75) is 70.9 Å². The Kier molecular flexibility index (Phi) is 7.40. The number of aliphatic hydroxyl groups is 1. The molecule has 7 nitrogen and oxygen atoms in total. The maximum absolute atomic E-state index is 13.2. The van der Waals surface area contributed by atoms with Crippen molar-refractivity contribution in [2.24, 2.45) is 11.8 Å². The van der Waals surface area contributed by atoms with Gasteiger partial charge in [0, 0.05) is 12.3 Å².